The molecule has 0 aliphatic rings. The van der Waals surface area contributed by atoms with E-state index in [0.717, 1.165) is 17.0 Å². The van der Waals surface area contributed by atoms with Crippen LogP contribution in [-0.4, -0.2) is 4.98 Å². The zero-order valence-corrected chi connectivity index (χ0v) is 10.9. The van der Waals surface area contributed by atoms with Crippen LogP contribution >= 0.6 is 22.9 Å². The standard InChI is InChI=1S/C12H12ClFN2S/c1-2-9-10(17-12(15)16-9)6-7-4-3-5-8(13)11(7)14/h3-5H,2,6H2,1H3,(H2,15,16). The molecule has 2 nitrogen and oxygen atoms in total. The molecule has 0 radical (unpaired) electrons. The molecule has 1 aromatic carbocycles. The van der Waals surface area contributed by atoms with Crippen LogP contribution in [0.2, 0.25) is 5.02 Å². The summed E-state index contributed by atoms with van der Waals surface area (Å²) in [6.45, 7) is 2.01. The summed E-state index contributed by atoms with van der Waals surface area (Å²) in [6.07, 6.45) is 1.29. The van der Waals surface area contributed by atoms with E-state index < -0.39 is 0 Å². The molecule has 0 bridgehead atoms. The maximum Gasteiger partial charge on any atom is 0.180 e. The molecule has 0 aliphatic heterocycles. The molecule has 2 aromatic rings. The average molecular weight is 271 g/mol. The van der Waals surface area contributed by atoms with Crippen LogP contribution in [0.1, 0.15) is 23.1 Å². The Hall–Kier alpha value is -1.13. The predicted molar refractivity (Wildman–Crippen MR) is 70.1 cm³/mol. The van der Waals surface area contributed by atoms with Gasteiger partial charge in [0.15, 0.2) is 5.13 Å². The maximum atomic E-state index is 13.8. The van der Waals surface area contributed by atoms with E-state index >= 15 is 0 Å². The molecule has 17 heavy (non-hydrogen) atoms. The molecule has 0 fully saturated rings. The van der Waals surface area contributed by atoms with E-state index in [1.54, 1.807) is 18.2 Å². The number of rotatable bonds is 3. The zero-order chi connectivity index (χ0) is 12.4. The molecule has 0 aliphatic carbocycles. The average Bonchev–Trinajstić information content (AvgIpc) is 2.65. The van der Waals surface area contributed by atoms with E-state index in [4.69, 9.17) is 17.3 Å². The molecule has 0 spiro atoms. The highest BCUT2D eigenvalue weighted by atomic mass is 35.5. The van der Waals surface area contributed by atoms with Crippen molar-refractivity contribution in [3.8, 4) is 0 Å². The molecule has 1 aromatic heterocycles. The minimum atomic E-state index is -0.358. The van der Waals surface area contributed by atoms with E-state index in [2.05, 4.69) is 4.98 Å². The molecule has 0 saturated heterocycles. The van der Waals surface area contributed by atoms with E-state index in [1.807, 2.05) is 6.92 Å². The van der Waals surface area contributed by atoms with Gasteiger partial charge in [-0.05, 0) is 18.1 Å². The van der Waals surface area contributed by atoms with E-state index in [9.17, 15) is 4.39 Å². The second kappa shape index (κ2) is 5.02. The van der Waals surface area contributed by atoms with Crippen molar-refractivity contribution in [3.63, 3.8) is 0 Å². The van der Waals surface area contributed by atoms with Crippen molar-refractivity contribution in [2.24, 2.45) is 0 Å². The lowest BCUT2D eigenvalue weighted by Gasteiger charge is -2.03. The van der Waals surface area contributed by atoms with Crippen molar-refractivity contribution in [2.45, 2.75) is 19.8 Å². The molecule has 5 heteroatoms. The SMILES string of the molecule is CCc1nc(N)sc1Cc1cccc(Cl)c1F. The predicted octanol–water partition coefficient (Wildman–Crippen LogP) is 3.67. The molecule has 0 atom stereocenters. The number of nitrogen functional groups attached to an aromatic ring is 1. The Morgan fingerprint density at radius 1 is 1.47 bits per heavy atom. The summed E-state index contributed by atoms with van der Waals surface area (Å²) < 4.78 is 13.8. The van der Waals surface area contributed by atoms with Gasteiger partial charge in [0.1, 0.15) is 5.82 Å². The lowest BCUT2D eigenvalue weighted by molar-refractivity contribution is 0.614. The molecule has 0 amide bonds. The summed E-state index contributed by atoms with van der Waals surface area (Å²) >= 11 is 7.15. The van der Waals surface area contributed by atoms with Crippen molar-refractivity contribution < 1.29 is 4.39 Å². The third kappa shape index (κ3) is 2.58. The molecule has 0 unspecified atom stereocenters. The fourth-order valence-corrected chi connectivity index (χ4v) is 2.81. The second-order valence-corrected chi connectivity index (χ2v) is 5.19. The smallest absolute Gasteiger partial charge is 0.180 e. The molecule has 2 rings (SSSR count). The van der Waals surface area contributed by atoms with Crippen molar-refractivity contribution >= 4 is 28.1 Å². The van der Waals surface area contributed by atoms with Gasteiger partial charge in [0.2, 0.25) is 0 Å². The first kappa shape index (κ1) is 12.3. The van der Waals surface area contributed by atoms with Gasteiger partial charge < -0.3 is 5.73 Å². The third-order valence-corrected chi connectivity index (χ3v) is 3.73. The number of hydrogen-bond acceptors (Lipinski definition) is 3. The van der Waals surface area contributed by atoms with Crippen LogP contribution in [-0.2, 0) is 12.8 Å². The van der Waals surface area contributed by atoms with Crippen LogP contribution in [0.5, 0.6) is 0 Å². The highest BCUT2D eigenvalue weighted by molar-refractivity contribution is 7.15. The Balaban J connectivity index is 2.34. The van der Waals surface area contributed by atoms with Gasteiger partial charge in [0.05, 0.1) is 10.7 Å². The van der Waals surface area contributed by atoms with Gasteiger partial charge >= 0.3 is 0 Å². The Labute approximate surface area is 108 Å². The van der Waals surface area contributed by atoms with Crippen molar-refractivity contribution in [1.29, 1.82) is 0 Å². The van der Waals surface area contributed by atoms with Gasteiger partial charge in [-0.2, -0.15) is 0 Å². The van der Waals surface area contributed by atoms with Gasteiger partial charge in [-0.25, -0.2) is 9.37 Å². The molecular weight excluding hydrogens is 259 g/mol. The number of nitrogens with two attached hydrogens (primary N) is 1. The fraction of sp³-hybridized carbons (Fsp3) is 0.250. The van der Waals surface area contributed by atoms with Crippen LogP contribution in [0.4, 0.5) is 9.52 Å². The summed E-state index contributed by atoms with van der Waals surface area (Å²) in [5.41, 5.74) is 7.18. The first-order valence-electron chi connectivity index (χ1n) is 5.28. The minimum absolute atomic E-state index is 0.151. The molecule has 2 N–H and O–H groups in total. The summed E-state index contributed by atoms with van der Waals surface area (Å²) in [7, 11) is 0. The van der Waals surface area contributed by atoms with Gasteiger partial charge in [-0.15, -0.1) is 11.3 Å². The topological polar surface area (TPSA) is 38.9 Å². The van der Waals surface area contributed by atoms with E-state index in [0.29, 0.717) is 17.1 Å². The number of thiazole rings is 1. The van der Waals surface area contributed by atoms with Crippen LogP contribution in [0.3, 0.4) is 0 Å². The van der Waals surface area contributed by atoms with Crippen LogP contribution in [0, 0.1) is 5.82 Å². The molecule has 0 saturated carbocycles. The highest BCUT2D eigenvalue weighted by Gasteiger charge is 2.12. The number of aryl methyl sites for hydroxylation is 1. The minimum Gasteiger partial charge on any atom is -0.375 e. The fourth-order valence-electron chi connectivity index (χ4n) is 1.68. The zero-order valence-electron chi connectivity index (χ0n) is 9.34. The quantitative estimate of drug-likeness (QED) is 0.924. The number of aromatic nitrogens is 1. The number of halogens is 2. The largest absolute Gasteiger partial charge is 0.375 e. The van der Waals surface area contributed by atoms with E-state index in [1.165, 1.54) is 11.3 Å². The van der Waals surface area contributed by atoms with E-state index in [-0.39, 0.29) is 10.8 Å². The summed E-state index contributed by atoms with van der Waals surface area (Å²) in [5.74, 6) is -0.358. The summed E-state index contributed by atoms with van der Waals surface area (Å²) in [4.78, 5) is 5.22. The number of benzene rings is 1. The lowest BCUT2D eigenvalue weighted by atomic mass is 10.1. The highest BCUT2D eigenvalue weighted by Crippen LogP contribution is 2.26. The number of hydrogen-bond donors (Lipinski definition) is 1. The normalized spacial score (nSPS) is 10.8. The summed E-state index contributed by atoms with van der Waals surface area (Å²) in [6, 6.07) is 5.02. The Morgan fingerprint density at radius 3 is 2.94 bits per heavy atom. The number of anilines is 1. The van der Waals surface area contributed by atoms with Gasteiger partial charge in [0.25, 0.3) is 0 Å². The molecule has 90 valence electrons. The third-order valence-electron chi connectivity index (χ3n) is 2.51. The monoisotopic (exact) mass is 270 g/mol. The van der Waals surface area contributed by atoms with Crippen LogP contribution in [0.15, 0.2) is 18.2 Å². The van der Waals surface area contributed by atoms with Gasteiger partial charge in [-0.3, -0.25) is 0 Å². The Bertz CT molecular complexity index is 539. The lowest BCUT2D eigenvalue weighted by Crippen LogP contribution is -1.95. The van der Waals surface area contributed by atoms with Crippen molar-refractivity contribution in [3.05, 3.63) is 45.2 Å². The molecular formula is C12H12ClFN2S. The maximum absolute atomic E-state index is 13.8. The molecule has 1 heterocycles. The van der Waals surface area contributed by atoms with Crippen LogP contribution in [0.25, 0.3) is 0 Å². The van der Waals surface area contributed by atoms with Gasteiger partial charge in [0, 0.05) is 11.3 Å². The van der Waals surface area contributed by atoms with Crippen molar-refractivity contribution in [1.82, 2.24) is 4.98 Å². The summed E-state index contributed by atoms with van der Waals surface area (Å²) in [5, 5.41) is 0.678. The Morgan fingerprint density at radius 2 is 2.24 bits per heavy atom. The first-order chi connectivity index (χ1) is 8.11. The van der Waals surface area contributed by atoms with Gasteiger partial charge in [-0.1, -0.05) is 30.7 Å². The van der Waals surface area contributed by atoms with Crippen molar-refractivity contribution in [2.75, 3.05) is 5.73 Å². The Kier molecular flexibility index (Phi) is 3.64. The van der Waals surface area contributed by atoms with Crippen LogP contribution < -0.4 is 5.73 Å². The first-order valence-corrected chi connectivity index (χ1v) is 6.48. The second-order valence-electron chi connectivity index (χ2n) is 3.67. The number of nitrogens with zero attached hydrogens (tertiary/aromatic N) is 1.